The fourth-order valence-corrected chi connectivity index (χ4v) is 3.17. The maximum atomic E-state index is 12.2. The van der Waals surface area contributed by atoms with Gasteiger partial charge in [0.2, 0.25) is 10.0 Å². The van der Waals surface area contributed by atoms with Crippen molar-refractivity contribution in [3.63, 3.8) is 0 Å². The molecule has 20 heavy (non-hydrogen) atoms. The normalized spacial score (nSPS) is 11.8. The molecule has 0 bridgehead atoms. The summed E-state index contributed by atoms with van der Waals surface area (Å²) in [5.41, 5.74) is 0.682. The Morgan fingerprint density at radius 1 is 1.35 bits per heavy atom. The first-order chi connectivity index (χ1) is 9.44. The molecule has 0 aliphatic heterocycles. The van der Waals surface area contributed by atoms with Crippen molar-refractivity contribution in [3.8, 4) is 0 Å². The van der Waals surface area contributed by atoms with Gasteiger partial charge < -0.3 is 9.52 Å². The second kappa shape index (κ2) is 5.97. The lowest BCUT2D eigenvalue weighted by Gasteiger charge is -2.07. The van der Waals surface area contributed by atoms with Crippen molar-refractivity contribution in [2.45, 2.75) is 25.0 Å². The standard InChI is InChI=1S/C13H14ClNO4S/c1-9-13(6-11(8-16)19-9)20(17,18)15-7-10-4-2-3-5-12(10)14/h2-6,15-16H,7-8H2,1H3. The number of sulfonamides is 1. The van der Waals surface area contributed by atoms with Crippen LogP contribution in [0, 0.1) is 6.92 Å². The fraction of sp³-hybridized carbons (Fsp3) is 0.231. The van der Waals surface area contributed by atoms with E-state index in [-0.39, 0.29) is 29.6 Å². The van der Waals surface area contributed by atoms with Crippen molar-refractivity contribution in [3.05, 3.63) is 52.4 Å². The molecule has 5 nitrogen and oxygen atoms in total. The fourth-order valence-electron chi connectivity index (χ4n) is 1.76. The summed E-state index contributed by atoms with van der Waals surface area (Å²) in [5, 5.41) is 9.45. The number of aliphatic hydroxyl groups is 1. The van der Waals surface area contributed by atoms with E-state index in [9.17, 15) is 8.42 Å². The van der Waals surface area contributed by atoms with Crippen LogP contribution in [0.25, 0.3) is 0 Å². The number of aliphatic hydroxyl groups excluding tert-OH is 1. The summed E-state index contributed by atoms with van der Waals surface area (Å²) in [6, 6.07) is 8.30. The Morgan fingerprint density at radius 3 is 2.65 bits per heavy atom. The van der Waals surface area contributed by atoms with Crippen molar-refractivity contribution in [2.75, 3.05) is 0 Å². The third-order valence-electron chi connectivity index (χ3n) is 2.78. The summed E-state index contributed by atoms with van der Waals surface area (Å²) in [7, 11) is -3.71. The van der Waals surface area contributed by atoms with Crippen LogP contribution in [-0.2, 0) is 23.2 Å². The quantitative estimate of drug-likeness (QED) is 0.886. The van der Waals surface area contributed by atoms with Crippen molar-refractivity contribution in [1.82, 2.24) is 4.72 Å². The average molecular weight is 316 g/mol. The number of rotatable bonds is 5. The Balaban J connectivity index is 2.19. The molecule has 0 radical (unpaired) electrons. The van der Waals surface area contributed by atoms with Crippen LogP contribution in [0.5, 0.6) is 0 Å². The zero-order chi connectivity index (χ0) is 14.8. The van der Waals surface area contributed by atoms with Gasteiger partial charge in [-0.2, -0.15) is 0 Å². The zero-order valence-electron chi connectivity index (χ0n) is 10.8. The van der Waals surface area contributed by atoms with Gasteiger partial charge >= 0.3 is 0 Å². The number of hydrogen-bond donors (Lipinski definition) is 2. The summed E-state index contributed by atoms with van der Waals surface area (Å²) in [6.45, 7) is 1.27. The van der Waals surface area contributed by atoms with E-state index in [4.69, 9.17) is 21.1 Å². The van der Waals surface area contributed by atoms with E-state index in [1.165, 1.54) is 13.0 Å². The van der Waals surface area contributed by atoms with Gasteiger partial charge in [0.15, 0.2) is 0 Å². The highest BCUT2D eigenvalue weighted by molar-refractivity contribution is 7.89. The number of halogens is 1. The SMILES string of the molecule is Cc1oc(CO)cc1S(=O)(=O)NCc1ccccc1Cl. The Hall–Kier alpha value is -1.34. The molecule has 2 N–H and O–H groups in total. The second-order valence-electron chi connectivity index (χ2n) is 4.21. The first kappa shape index (κ1) is 15.1. The van der Waals surface area contributed by atoms with Crippen molar-refractivity contribution in [1.29, 1.82) is 0 Å². The first-order valence-electron chi connectivity index (χ1n) is 5.87. The average Bonchev–Trinajstić information content (AvgIpc) is 2.80. The first-order valence-corrected chi connectivity index (χ1v) is 7.73. The smallest absolute Gasteiger partial charge is 0.244 e. The highest BCUT2D eigenvalue weighted by atomic mass is 35.5. The predicted octanol–water partition coefficient (Wildman–Crippen LogP) is 2.21. The molecule has 7 heteroatoms. The minimum Gasteiger partial charge on any atom is -0.462 e. The van der Waals surface area contributed by atoms with E-state index >= 15 is 0 Å². The van der Waals surface area contributed by atoms with E-state index < -0.39 is 10.0 Å². The third-order valence-corrected chi connectivity index (χ3v) is 4.66. The van der Waals surface area contributed by atoms with Gasteiger partial charge in [0.25, 0.3) is 0 Å². The molecule has 0 atom stereocenters. The molecule has 1 heterocycles. The molecule has 0 fully saturated rings. The van der Waals surface area contributed by atoms with Crippen LogP contribution in [0.2, 0.25) is 5.02 Å². The molecule has 0 amide bonds. The Bertz CT molecular complexity index is 709. The maximum absolute atomic E-state index is 12.2. The number of hydrogen-bond acceptors (Lipinski definition) is 4. The van der Waals surface area contributed by atoms with Gasteiger partial charge in [0.1, 0.15) is 23.0 Å². The molecule has 2 aromatic rings. The molecule has 0 aliphatic carbocycles. The van der Waals surface area contributed by atoms with Gasteiger partial charge in [0.05, 0.1) is 0 Å². The highest BCUT2D eigenvalue weighted by Crippen LogP contribution is 2.21. The number of furan rings is 1. The lowest BCUT2D eigenvalue weighted by Crippen LogP contribution is -2.23. The highest BCUT2D eigenvalue weighted by Gasteiger charge is 2.21. The van der Waals surface area contributed by atoms with Crippen LogP contribution in [0.3, 0.4) is 0 Å². The van der Waals surface area contributed by atoms with Crippen LogP contribution in [0.4, 0.5) is 0 Å². The van der Waals surface area contributed by atoms with Gasteiger partial charge in [0, 0.05) is 17.6 Å². The molecule has 0 unspecified atom stereocenters. The van der Waals surface area contributed by atoms with Crippen LogP contribution in [0.1, 0.15) is 17.1 Å². The zero-order valence-corrected chi connectivity index (χ0v) is 12.3. The van der Waals surface area contributed by atoms with E-state index in [1.807, 2.05) is 0 Å². The van der Waals surface area contributed by atoms with E-state index in [1.54, 1.807) is 24.3 Å². The predicted molar refractivity (Wildman–Crippen MR) is 74.8 cm³/mol. The lowest BCUT2D eigenvalue weighted by molar-refractivity contribution is 0.244. The minimum absolute atomic E-state index is 0.0219. The van der Waals surface area contributed by atoms with Crippen molar-refractivity contribution < 1.29 is 17.9 Å². The molecule has 1 aromatic heterocycles. The maximum Gasteiger partial charge on any atom is 0.244 e. The summed E-state index contributed by atoms with van der Waals surface area (Å²) in [5.74, 6) is 0.446. The molecule has 108 valence electrons. The number of benzene rings is 1. The summed E-state index contributed by atoms with van der Waals surface area (Å²) < 4.78 is 31.9. The van der Waals surface area contributed by atoms with Crippen molar-refractivity contribution >= 4 is 21.6 Å². The minimum atomic E-state index is -3.71. The molecule has 0 saturated carbocycles. The van der Waals surface area contributed by atoms with Gasteiger partial charge in [-0.3, -0.25) is 0 Å². The van der Waals surface area contributed by atoms with Crippen LogP contribution < -0.4 is 4.72 Å². The third kappa shape index (κ3) is 3.21. The van der Waals surface area contributed by atoms with Gasteiger partial charge in [-0.05, 0) is 18.6 Å². The topological polar surface area (TPSA) is 79.5 Å². The summed E-state index contributed by atoms with van der Waals surface area (Å²) >= 11 is 5.97. The van der Waals surface area contributed by atoms with Crippen LogP contribution in [0.15, 0.2) is 39.6 Å². The lowest BCUT2D eigenvalue weighted by atomic mass is 10.2. The molecular weight excluding hydrogens is 302 g/mol. The van der Waals surface area contributed by atoms with Crippen LogP contribution in [-0.4, -0.2) is 13.5 Å². The van der Waals surface area contributed by atoms with E-state index in [2.05, 4.69) is 4.72 Å². The monoisotopic (exact) mass is 315 g/mol. The van der Waals surface area contributed by atoms with E-state index in [0.717, 1.165) is 0 Å². The molecule has 0 saturated heterocycles. The van der Waals surface area contributed by atoms with Crippen LogP contribution >= 0.6 is 11.6 Å². The van der Waals surface area contributed by atoms with E-state index in [0.29, 0.717) is 10.6 Å². The number of nitrogens with one attached hydrogen (secondary N) is 1. The van der Waals surface area contributed by atoms with Crippen molar-refractivity contribution in [2.24, 2.45) is 0 Å². The molecule has 0 aliphatic rings. The Labute approximate surface area is 122 Å². The largest absolute Gasteiger partial charge is 0.462 e. The Kier molecular flexibility index (Phi) is 4.49. The molecular formula is C13H14ClNO4S. The molecule has 1 aromatic carbocycles. The molecule has 0 spiro atoms. The van der Waals surface area contributed by atoms with Gasteiger partial charge in [-0.25, -0.2) is 13.1 Å². The van der Waals surface area contributed by atoms with Gasteiger partial charge in [-0.1, -0.05) is 29.8 Å². The van der Waals surface area contributed by atoms with Gasteiger partial charge in [-0.15, -0.1) is 0 Å². The second-order valence-corrected chi connectivity index (χ2v) is 6.35. The number of aryl methyl sites for hydroxylation is 1. The molecule has 2 rings (SSSR count). The summed E-state index contributed by atoms with van der Waals surface area (Å²) in [4.78, 5) is 0.0219. The summed E-state index contributed by atoms with van der Waals surface area (Å²) in [6.07, 6.45) is 0. The Morgan fingerprint density at radius 2 is 2.05 bits per heavy atom.